The van der Waals surface area contributed by atoms with Crippen LogP contribution in [-0.4, -0.2) is 26.9 Å². The fourth-order valence-corrected chi connectivity index (χ4v) is 4.26. The lowest BCUT2D eigenvalue weighted by Crippen LogP contribution is -2.39. The normalized spacial score (nSPS) is 22.4. The Bertz CT molecular complexity index is 668. The average molecular weight is 387 g/mol. The Balaban J connectivity index is 1.80. The molecule has 0 aliphatic heterocycles. The zero-order valence-electron chi connectivity index (χ0n) is 14.8. The molecule has 1 amide bonds. The van der Waals surface area contributed by atoms with Gasteiger partial charge in [-0.1, -0.05) is 18.5 Å². The van der Waals surface area contributed by atoms with E-state index in [2.05, 4.69) is 17.0 Å². The predicted octanol–water partition coefficient (Wildman–Crippen LogP) is 3.34. The van der Waals surface area contributed by atoms with Crippen LogP contribution in [-0.2, 0) is 14.8 Å². The van der Waals surface area contributed by atoms with Crippen molar-refractivity contribution in [2.45, 2.75) is 56.9 Å². The van der Waals surface area contributed by atoms with Crippen molar-refractivity contribution in [2.75, 3.05) is 6.54 Å². The maximum Gasteiger partial charge on any atom is 0.240 e. The number of carbonyl (C=O) groups excluding carboxylic acids is 1. The molecule has 1 aromatic carbocycles. The van der Waals surface area contributed by atoms with Gasteiger partial charge in [-0.2, -0.15) is 0 Å². The van der Waals surface area contributed by atoms with Crippen LogP contribution < -0.4 is 10.0 Å². The lowest BCUT2D eigenvalue weighted by atomic mass is 9.81. The average Bonchev–Trinajstić information content (AvgIpc) is 2.60. The summed E-state index contributed by atoms with van der Waals surface area (Å²) >= 11 is 5.79. The van der Waals surface area contributed by atoms with E-state index >= 15 is 0 Å². The maximum absolute atomic E-state index is 12.3. The van der Waals surface area contributed by atoms with E-state index in [-0.39, 0.29) is 28.7 Å². The Kier molecular flexibility index (Phi) is 7.28. The summed E-state index contributed by atoms with van der Waals surface area (Å²) in [6, 6.07) is 6.34. The number of nitrogens with one attached hydrogen (secondary N) is 2. The predicted molar refractivity (Wildman–Crippen MR) is 100.0 cm³/mol. The summed E-state index contributed by atoms with van der Waals surface area (Å²) in [7, 11) is -3.51. The van der Waals surface area contributed by atoms with E-state index in [1.165, 1.54) is 12.1 Å². The van der Waals surface area contributed by atoms with Crippen molar-refractivity contribution in [3.63, 3.8) is 0 Å². The highest BCUT2D eigenvalue weighted by Crippen LogP contribution is 2.29. The Morgan fingerprint density at radius 3 is 2.36 bits per heavy atom. The zero-order chi connectivity index (χ0) is 18.4. The lowest BCUT2D eigenvalue weighted by molar-refractivity contribution is -0.126. The van der Waals surface area contributed by atoms with E-state index < -0.39 is 10.0 Å². The van der Waals surface area contributed by atoms with Crippen molar-refractivity contribution in [1.29, 1.82) is 0 Å². The van der Waals surface area contributed by atoms with E-state index in [9.17, 15) is 13.2 Å². The summed E-state index contributed by atoms with van der Waals surface area (Å²) in [6.45, 7) is 4.47. The van der Waals surface area contributed by atoms with Gasteiger partial charge in [0.15, 0.2) is 0 Å². The third-order valence-corrected chi connectivity index (χ3v) is 6.60. The van der Waals surface area contributed by atoms with E-state index in [1.54, 1.807) is 12.1 Å². The van der Waals surface area contributed by atoms with Crippen molar-refractivity contribution in [1.82, 2.24) is 10.0 Å². The first kappa shape index (κ1) is 20.2. The quantitative estimate of drug-likeness (QED) is 0.754. The molecule has 0 aromatic heterocycles. The van der Waals surface area contributed by atoms with Gasteiger partial charge in [-0.25, -0.2) is 13.1 Å². The van der Waals surface area contributed by atoms with Crippen molar-refractivity contribution < 1.29 is 13.2 Å². The zero-order valence-corrected chi connectivity index (χ0v) is 16.4. The Morgan fingerprint density at radius 1 is 1.20 bits per heavy atom. The molecule has 0 heterocycles. The number of halogens is 1. The number of hydrogen-bond acceptors (Lipinski definition) is 3. The van der Waals surface area contributed by atoms with Gasteiger partial charge in [0.2, 0.25) is 15.9 Å². The largest absolute Gasteiger partial charge is 0.353 e. The minimum atomic E-state index is -3.51. The van der Waals surface area contributed by atoms with E-state index in [0.717, 1.165) is 32.1 Å². The van der Waals surface area contributed by atoms with Crippen molar-refractivity contribution in [2.24, 2.45) is 11.8 Å². The molecule has 2 N–H and O–H groups in total. The third kappa shape index (κ3) is 5.97. The molecule has 0 bridgehead atoms. The topological polar surface area (TPSA) is 75.3 Å². The number of rotatable bonds is 7. The molecule has 5 nitrogen and oxygen atoms in total. The monoisotopic (exact) mass is 386 g/mol. The van der Waals surface area contributed by atoms with Gasteiger partial charge in [-0.3, -0.25) is 4.79 Å². The van der Waals surface area contributed by atoms with Crippen LogP contribution >= 0.6 is 11.6 Å². The Hall–Kier alpha value is -1.11. The van der Waals surface area contributed by atoms with Crippen LogP contribution in [0.2, 0.25) is 5.02 Å². The number of hydrogen-bond donors (Lipinski definition) is 2. The van der Waals surface area contributed by atoms with Crippen LogP contribution in [0, 0.1) is 11.8 Å². The minimum Gasteiger partial charge on any atom is -0.353 e. The molecule has 1 aliphatic rings. The second-order valence-electron chi connectivity index (χ2n) is 6.84. The fraction of sp³-hybridized carbons (Fsp3) is 0.611. The molecule has 7 heteroatoms. The van der Waals surface area contributed by atoms with E-state index in [4.69, 9.17) is 11.6 Å². The van der Waals surface area contributed by atoms with Crippen molar-refractivity contribution in [3.8, 4) is 0 Å². The highest BCUT2D eigenvalue weighted by Gasteiger charge is 2.27. The molecule has 1 atom stereocenters. The molecule has 1 fully saturated rings. The highest BCUT2D eigenvalue weighted by atomic mass is 35.5. The van der Waals surface area contributed by atoms with Crippen LogP contribution in [0.25, 0.3) is 0 Å². The molecule has 0 radical (unpaired) electrons. The summed E-state index contributed by atoms with van der Waals surface area (Å²) in [6.07, 6.45) is 4.28. The van der Waals surface area contributed by atoms with Crippen LogP contribution in [0.3, 0.4) is 0 Å². The first-order valence-corrected chi connectivity index (χ1v) is 10.7. The van der Waals surface area contributed by atoms with Gasteiger partial charge in [-0.15, -0.1) is 0 Å². The first-order chi connectivity index (χ1) is 11.8. The highest BCUT2D eigenvalue weighted by molar-refractivity contribution is 7.89. The SMILES string of the molecule is CC[C@@H](C)NC(=O)C1CCC(CNS(=O)(=O)c2ccc(Cl)cc2)CC1. The van der Waals surface area contributed by atoms with Gasteiger partial charge < -0.3 is 5.32 Å². The van der Waals surface area contributed by atoms with Gasteiger partial charge in [0.25, 0.3) is 0 Å². The molecule has 1 saturated carbocycles. The Labute approximate surface area is 155 Å². The number of sulfonamides is 1. The fourth-order valence-electron chi connectivity index (χ4n) is 3.02. The van der Waals surface area contributed by atoms with Gasteiger partial charge in [-0.05, 0) is 69.2 Å². The van der Waals surface area contributed by atoms with Crippen LogP contribution in [0.1, 0.15) is 46.0 Å². The molecule has 1 aliphatic carbocycles. The molecule has 0 spiro atoms. The summed E-state index contributed by atoms with van der Waals surface area (Å²) in [5, 5.41) is 3.54. The molecule has 25 heavy (non-hydrogen) atoms. The molecular weight excluding hydrogens is 360 g/mol. The standard InChI is InChI=1S/C18H27ClN2O3S/c1-3-13(2)21-18(22)15-6-4-14(5-7-15)12-20-25(23,24)17-10-8-16(19)9-11-17/h8-11,13-15,20H,3-7,12H2,1-2H3,(H,21,22)/t13-,14?,15?/m1/s1. The number of benzene rings is 1. The van der Waals surface area contributed by atoms with Crippen LogP contribution in [0.4, 0.5) is 0 Å². The number of carbonyl (C=O) groups is 1. The van der Waals surface area contributed by atoms with E-state index in [1.807, 2.05) is 6.92 Å². The van der Waals surface area contributed by atoms with Gasteiger partial charge in [0, 0.05) is 23.5 Å². The molecule has 140 valence electrons. The molecule has 2 rings (SSSR count). The van der Waals surface area contributed by atoms with Gasteiger partial charge >= 0.3 is 0 Å². The third-order valence-electron chi connectivity index (χ3n) is 4.90. The molecular formula is C18H27ClN2O3S. The van der Waals surface area contributed by atoms with Gasteiger partial charge in [0.1, 0.15) is 0 Å². The smallest absolute Gasteiger partial charge is 0.240 e. The maximum atomic E-state index is 12.3. The van der Waals surface area contributed by atoms with Crippen molar-refractivity contribution >= 4 is 27.5 Å². The second kappa shape index (κ2) is 9.01. The Morgan fingerprint density at radius 2 is 1.80 bits per heavy atom. The summed E-state index contributed by atoms with van der Waals surface area (Å²) in [4.78, 5) is 12.4. The number of amides is 1. The van der Waals surface area contributed by atoms with Crippen molar-refractivity contribution in [3.05, 3.63) is 29.3 Å². The molecule has 0 saturated heterocycles. The summed E-state index contributed by atoms with van der Waals surface area (Å²) in [5.74, 6) is 0.461. The minimum absolute atomic E-state index is 0.0538. The summed E-state index contributed by atoms with van der Waals surface area (Å²) < 4.78 is 27.3. The summed E-state index contributed by atoms with van der Waals surface area (Å²) in [5.41, 5.74) is 0. The molecule has 0 unspecified atom stereocenters. The van der Waals surface area contributed by atoms with Crippen LogP contribution in [0.15, 0.2) is 29.2 Å². The van der Waals surface area contributed by atoms with Gasteiger partial charge in [0.05, 0.1) is 4.90 Å². The first-order valence-electron chi connectivity index (χ1n) is 8.87. The molecule has 1 aromatic rings. The van der Waals surface area contributed by atoms with E-state index in [0.29, 0.717) is 11.6 Å². The lowest BCUT2D eigenvalue weighted by Gasteiger charge is -2.28. The van der Waals surface area contributed by atoms with Crippen LogP contribution in [0.5, 0.6) is 0 Å². The second-order valence-corrected chi connectivity index (χ2v) is 9.04.